The highest BCUT2D eigenvalue weighted by Gasteiger charge is 2.17. The first-order chi connectivity index (χ1) is 11.6. The third-order valence-corrected chi connectivity index (χ3v) is 4.29. The van der Waals surface area contributed by atoms with Crippen molar-refractivity contribution in [3.05, 3.63) is 42.2 Å². The van der Waals surface area contributed by atoms with Crippen LogP contribution in [-0.2, 0) is 11.4 Å². The molecule has 1 aromatic heterocycles. The number of ether oxygens (including phenoxy) is 2. The number of aromatic nitrogens is 2. The van der Waals surface area contributed by atoms with Crippen LogP contribution in [-0.4, -0.2) is 21.8 Å². The summed E-state index contributed by atoms with van der Waals surface area (Å²) in [6.45, 7) is 2.05. The first kappa shape index (κ1) is 16.4. The molecule has 0 aliphatic heterocycles. The number of benzene rings is 1. The predicted molar refractivity (Wildman–Crippen MR) is 89.8 cm³/mol. The Balaban J connectivity index is 1.52. The lowest BCUT2D eigenvalue weighted by molar-refractivity contribution is -0.123. The molecule has 6 heteroatoms. The normalized spacial score (nSPS) is 16.0. The van der Waals surface area contributed by atoms with Gasteiger partial charge in [-0.25, -0.2) is 0 Å². The van der Waals surface area contributed by atoms with E-state index in [-0.39, 0.29) is 0 Å². The second-order valence-corrected chi connectivity index (χ2v) is 6.15. The highest BCUT2D eigenvalue weighted by Crippen LogP contribution is 2.28. The van der Waals surface area contributed by atoms with E-state index in [1.54, 1.807) is 31.2 Å². The van der Waals surface area contributed by atoms with Crippen LogP contribution in [0.2, 0.25) is 0 Å². The zero-order valence-corrected chi connectivity index (χ0v) is 13.9. The van der Waals surface area contributed by atoms with Crippen LogP contribution in [0.5, 0.6) is 11.5 Å². The highest BCUT2D eigenvalue weighted by atomic mass is 16.5. The number of carbonyl (C=O) groups excluding carboxylic acids is 1. The van der Waals surface area contributed by atoms with E-state index >= 15 is 0 Å². The molecule has 0 radical (unpaired) electrons. The van der Waals surface area contributed by atoms with Crippen molar-refractivity contribution < 1.29 is 14.3 Å². The summed E-state index contributed by atoms with van der Waals surface area (Å²) < 4.78 is 13.2. The summed E-state index contributed by atoms with van der Waals surface area (Å²) in [4.78, 5) is 11.0. The van der Waals surface area contributed by atoms with Crippen LogP contribution in [0.4, 0.5) is 0 Å². The molecular weight excluding hydrogens is 306 g/mol. The summed E-state index contributed by atoms with van der Waals surface area (Å²) in [7, 11) is 0. The molecular formula is C18H23N3O3. The molecule has 0 unspecified atom stereocenters. The summed E-state index contributed by atoms with van der Waals surface area (Å²) in [5.41, 5.74) is 6.10. The van der Waals surface area contributed by atoms with Gasteiger partial charge in [-0.2, -0.15) is 5.10 Å². The van der Waals surface area contributed by atoms with E-state index < -0.39 is 12.0 Å². The van der Waals surface area contributed by atoms with Gasteiger partial charge in [0.05, 0.1) is 11.7 Å². The molecule has 24 heavy (non-hydrogen) atoms. The molecule has 128 valence electrons. The van der Waals surface area contributed by atoms with Gasteiger partial charge in [0.2, 0.25) is 0 Å². The largest absolute Gasteiger partial charge is 0.487 e. The summed E-state index contributed by atoms with van der Waals surface area (Å²) in [6.07, 6.45) is 6.39. The van der Waals surface area contributed by atoms with Crippen molar-refractivity contribution in [2.24, 2.45) is 5.73 Å². The molecule has 1 heterocycles. The van der Waals surface area contributed by atoms with Crippen molar-refractivity contribution in [1.29, 1.82) is 0 Å². The van der Waals surface area contributed by atoms with Crippen LogP contribution < -0.4 is 15.2 Å². The summed E-state index contributed by atoms with van der Waals surface area (Å²) in [5.74, 6) is 0.817. The molecule has 0 saturated heterocycles. The van der Waals surface area contributed by atoms with Crippen molar-refractivity contribution in [3.63, 3.8) is 0 Å². The van der Waals surface area contributed by atoms with Gasteiger partial charge >= 0.3 is 0 Å². The van der Waals surface area contributed by atoms with Crippen molar-refractivity contribution in [2.75, 3.05) is 0 Å². The number of primary amides is 1. The third-order valence-electron chi connectivity index (χ3n) is 4.29. The Morgan fingerprint density at radius 2 is 1.92 bits per heavy atom. The molecule has 2 N–H and O–H groups in total. The first-order valence-corrected chi connectivity index (χ1v) is 8.34. The molecule has 1 atom stereocenters. The monoisotopic (exact) mass is 329 g/mol. The molecule has 1 fully saturated rings. The molecule has 0 spiro atoms. The van der Waals surface area contributed by atoms with Crippen molar-refractivity contribution >= 4 is 5.91 Å². The number of hydrogen-bond donors (Lipinski definition) is 1. The molecule has 1 saturated carbocycles. The molecule has 1 aliphatic rings. The quantitative estimate of drug-likeness (QED) is 0.847. The minimum atomic E-state index is -0.656. The lowest BCUT2D eigenvalue weighted by atomic mass is 10.3. The van der Waals surface area contributed by atoms with Gasteiger partial charge in [-0.05, 0) is 50.1 Å². The number of nitrogens with zero attached hydrogens (tertiary/aromatic N) is 2. The molecule has 6 nitrogen and oxygen atoms in total. The van der Waals surface area contributed by atoms with Crippen molar-refractivity contribution in [2.45, 2.75) is 51.4 Å². The zero-order chi connectivity index (χ0) is 16.9. The van der Waals surface area contributed by atoms with Crippen LogP contribution in [0.15, 0.2) is 36.5 Å². The number of amides is 1. The van der Waals surface area contributed by atoms with E-state index in [1.807, 2.05) is 12.3 Å². The van der Waals surface area contributed by atoms with Gasteiger partial charge in [-0.15, -0.1) is 0 Å². The Labute approximate surface area is 141 Å². The molecule has 3 rings (SSSR count). The maximum Gasteiger partial charge on any atom is 0.258 e. The Morgan fingerprint density at radius 3 is 2.58 bits per heavy atom. The Morgan fingerprint density at radius 1 is 1.25 bits per heavy atom. The Hall–Kier alpha value is -2.50. The van der Waals surface area contributed by atoms with E-state index in [9.17, 15) is 4.79 Å². The average molecular weight is 329 g/mol. The van der Waals surface area contributed by atoms with E-state index in [1.165, 1.54) is 25.7 Å². The third kappa shape index (κ3) is 4.07. The second kappa shape index (κ2) is 7.38. The van der Waals surface area contributed by atoms with E-state index in [4.69, 9.17) is 15.2 Å². The lowest BCUT2D eigenvalue weighted by Gasteiger charge is -2.12. The smallest absolute Gasteiger partial charge is 0.258 e. The molecule has 1 aromatic carbocycles. The van der Waals surface area contributed by atoms with Gasteiger partial charge < -0.3 is 15.2 Å². The number of carbonyl (C=O) groups is 1. The summed E-state index contributed by atoms with van der Waals surface area (Å²) in [5, 5.41) is 4.60. The fourth-order valence-corrected chi connectivity index (χ4v) is 2.86. The zero-order valence-electron chi connectivity index (χ0n) is 13.9. The van der Waals surface area contributed by atoms with Crippen molar-refractivity contribution in [3.8, 4) is 11.5 Å². The van der Waals surface area contributed by atoms with Crippen LogP contribution in [0.1, 0.15) is 44.3 Å². The van der Waals surface area contributed by atoms with E-state index in [2.05, 4.69) is 9.78 Å². The van der Waals surface area contributed by atoms with Crippen molar-refractivity contribution in [1.82, 2.24) is 9.78 Å². The predicted octanol–water partition coefficient (Wildman–Crippen LogP) is 2.83. The maximum absolute atomic E-state index is 11.0. The van der Waals surface area contributed by atoms with Gasteiger partial charge in [-0.3, -0.25) is 9.48 Å². The van der Waals surface area contributed by atoms with Crippen LogP contribution in [0.25, 0.3) is 0 Å². The van der Waals surface area contributed by atoms with Gasteiger partial charge in [0.1, 0.15) is 18.1 Å². The fourth-order valence-electron chi connectivity index (χ4n) is 2.86. The summed E-state index contributed by atoms with van der Waals surface area (Å²) in [6, 6.07) is 9.67. The van der Waals surface area contributed by atoms with Gasteiger partial charge in [-0.1, -0.05) is 12.8 Å². The van der Waals surface area contributed by atoms with E-state index in [0.717, 1.165) is 11.4 Å². The van der Waals surface area contributed by atoms with E-state index in [0.29, 0.717) is 18.4 Å². The van der Waals surface area contributed by atoms with Gasteiger partial charge in [0, 0.05) is 6.20 Å². The number of nitrogens with two attached hydrogens (primary N) is 1. The first-order valence-electron chi connectivity index (χ1n) is 8.34. The molecule has 1 aliphatic carbocycles. The minimum Gasteiger partial charge on any atom is -0.487 e. The van der Waals surface area contributed by atoms with Gasteiger partial charge in [0.15, 0.2) is 6.10 Å². The standard InChI is InChI=1S/C18H23N3O3/c1-13(18(19)22)24-17-8-6-16(7-9-17)23-12-14-10-11-21(20-14)15-4-2-3-5-15/h6-11,13,15H,2-5,12H2,1H3,(H2,19,22)/t13-/m1/s1. The van der Waals surface area contributed by atoms with Crippen LogP contribution >= 0.6 is 0 Å². The summed E-state index contributed by atoms with van der Waals surface area (Å²) >= 11 is 0. The number of rotatable bonds is 7. The SMILES string of the molecule is C[C@@H](Oc1ccc(OCc2ccn(C3CCCC3)n2)cc1)C(N)=O. The Kier molecular flexibility index (Phi) is 5.03. The number of hydrogen-bond acceptors (Lipinski definition) is 4. The van der Waals surface area contributed by atoms with Gasteiger partial charge in [0.25, 0.3) is 5.91 Å². The highest BCUT2D eigenvalue weighted by molar-refractivity contribution is 5.78. The molecule has 2 aromatic rings. The second-order valence-electron chi connectivity index (χ2n) is 6.15. The maximum atomic E-state index is 11.0. The molecule has 0 bridgehead atoms. The Bertz CT molecular complexity index is 675. The topological polar surface area (TPSA) is 79.4 Å². The lowest BCUT2D eigenvalue weighted by Crippen LogP contribution is -2.30. The van der Waals surface area contributed by atoms with Crippen LogP contribution in [0.3, 0.4) is 0 Å². The fraction of sp³-hybridized carbons (Fsp3) is 0.444. The minimum absolute atomic E-state index is 0.428. The average Bonchev–Trinajstić information content (AvgIpc) is 3.25. The van der Waals surface area contributed by atoms with Crippen LogP contribution in [0, 0.1) is 0 Å². The molecule has 1 amide bonds.